The Morgan fingerprint density at radius 2 is 1.00 bits per heavy atom. The average Bonchev–Trinajstić information content (AvgIpc) is 2.51. The minimum atomic E-state index is 0.259. The lowest BCUT2D eigenvalue weighted by Crippen LogP contribution is -1.79. The van der Waals surface area contributed by atoms with Crippen molar-refractivity contribution >= 4 is 0 Å². The standard InChI is InChI=1S/C18H14/c1-3-7-15(8-4-1)17-11-13-18(14-12-17)16-9-5-2-6-10-16/h1-14H/i3D,7D. The van der Waals surface area contributed by atoms with E-state index in [9.17, 15) is 0 Å². The molecule has 0 aliphatic carbocycles. The molecule has 0 aliphatic heterocycles. The topological polar surface area (TPSA) is 0 Å². The van der Waals surface area contributed by atoms with E-state index in [0.717, 1.165) is 16.7 Å². The molecule has 0 aromatic heterocycles. The highest BCUT2D eigenvalue weighted by atomic mass is 14.0. The van der Waals surface area contributed by atoms with E-state index in [1.54, 1.807) is 6.07 Å². The summed E-state index contributed by atoms with van der Waals surface area (Å²) in [6.45, 7) is 0. The zero-order chi connectivity index (χ0) is 13.9. The molecule has 0 fully saturated rings. The Morgan fingerprint density at radius 1 is 0.500 bits per heavy atom. The van der Waals surface area contributed by atoms with Crippen LogP contribution in [0.25, 0.3) is 22.3 Å². The predicted octanol–water partition coefficient (Wildman–Crippen LogP) is 5.02. The summed E-state index contributed by atoms with van der Waals surface area (Å²) in [5.74, 6) is 0. The molecule has 3 aromatic rings. The Labute approximate surface area is 110 Å². The van der Waals surface area contributed by atoms with Crippen LogP contribution in [0.2, 0.25) is 0 Å². The first-order valence-corrected chi connectivity index (χ1v) is 5.98. The van der Waals surface area contributed by atoms with Crippen LogP contribution in [0.15, 0.2) is 84.9 Å². The van der Waals surface area contributed by atoms with Crippen LogP contribution < -0.4 is 0 Å². The third-order valence-electron chi connectivity index (χ3n) is 2.95. The Kier molecular flexibility index (Phi) is 2.36. The van der Waals surface area contributed by atoms with Gasteiger partial charge < -0.3 is 0 Å². The molecule has 18 heavy (non-hydrogen) atoms. The summed E-state index contributed by atoms with van der Waals surface area (Å²) in [6, 6.07) is 24.2. The number of rotatable bonds is 2. The zero-order valence-electron chi connectivity index (χ0n) is 11.9. The van der Waals surface area contributed by atoms with Crippen LogP contribution in [0.1, 0.15) is 2.74 Å². The summed E-state index contributed by atoms with van der Waals surface area (Å²) < 4.78 is 15.7. The van der Waals surface area contributed by atoms with E-state index in [4.69, 9.17) is 2.74 Å². The first-order valence-electron chi connectivity index (χ1n) is 6.98. The van der Waals surface area contributed by atoms with Gasteiger partial charge in [-0.2, -0.15) is 0 Å². The molecule has 0 saturated carbocycles. The summed E-state index contributed by atoms with van der Waals surface area (Å²) in [7, 11) is 0. The van der Waals surface area contributed by atoms with Crippen molar-refractivity contribution in [3.8, 4) is 22.3 Å². The summed E-state index contributed by atoms with van der Waals surface area (Å²) in [4.78, 5) is 0. The van der Waals surface area contributed by atoms with E-state index >= 15 is 0 Å². The number of hydrogen-bond donors (Lipinski definition) is 0. The molecule has 0 unspecified atom stereocenters. The largest absolute Gasteiger partial charge is 0.0629 e. The van der Waals surface area contributed by atoms with Crippen LogP contribution in [-0.2, 0) is 0 Å². The van der Waals surface area contributed by atoms with Crippen molar-refractivity contribution < 1.29 is 2.74 Å². The SMILES string of the molecule is [2H]c1cccc(-c2ccc(-c3ccccc3)cc2)c1[2H]. The van der Waals surface area contributed by atoms with Gasteiger partial charge in [0, 0.05) is 0 Å². The van der Waals surface area contributed by atoms with Gasteiger partial charge in [0.15, 0.2) is 0 Å². The lowest BCUT2D eigenvalue weighted by Gasteiger charge is -2.04. The van der Waals surface area contributed by atoms with Crippen molar-refractivity contribution in [1.82, 2.24) is 0 Å². The van der Waals surface area contributed by atoms with E-state index in [1.165, 1.54) is 5.56 Å². The molecule has 0 radical (unpaired) electrons. The van der Waals surface area contributed by atoms with E-state index in [2.05, 4.69) is 24.3 Å². The van der Waals surface area contributed by atoms with Crippen molar-refractivity contribution in [1.29, 1.82) is 0 Å². The molecule has 0 nitrogen and oxygen atoms in total. The Balaban J connectivity index is 2.00. The zero-order valence-corrected chi connectivity index (χ0v) is 9.93. The normalized spacial score (nSPS) is 11.8. The maximum absolute atomic E-state index is 7.96. The lowest BCUT2D eigenvalue weighted by molar-refractivity contribution is 1.59. The van der Waals surface area contributed by atoms with E-state index in [1.807, 2.05) is 42.5 Å². The van der Waals surface area contributed by atoms with Crippen molar-refractivity contribution in [2.45, 2.75) is 0 Å². The lowest BCUT2D eigenvalue weighted by atomic mass is 10.0. The minimum Gasteiger partial charge on any atom is -0.0622 e. The van der Waals surface area contributed by atoms with Crippen LogP contribution in [0.5, 0.6) is 0 Å². The molecule has 0 heteroatoms. The second-order valence-electron chi connectivity index (χ2n) is 4.15. The van der Waals surface area contributed by atoms with Gasteiger partial charge in [0.05, 0.1) is 2.74 Å². The van der Waals surface area contributed by atoms with Gasteiger partial charge in [0.25, 0.3) is 0 Å². The molecule has 0 aliphatic rings. The number of hydrogen-bond acceptors (Lipinski definition) is 0. The van der Waals surface area contributed by atoms with Gasteiger partial charge in [0.2, 0.25) is 0 Å². The van der Waals surface area contributed by atoms with Crippen LogP contribution in [0.4, 0.5) is 0 Å². The monoisotopic (exact) mass is 232 g/mol. The Bertz CT molecular complexity index is 716. The van der Waals surface area contributed by atoms with Crippen LogP contribution in [0.3, 0.4) is 0 Å². The van der Waals surface area contributed by atoms with E-state index in [-0.39, 0.29) is 12.1 Å². The molecule has 0 amide bonds. The second kappa shape index (κ2) is 4.89. The maximum Gasteiger partial charge on any atom is 0.0629 e. The van der Waals surface area contributed by atoms with Gasteiger partial charge >= 0.3 is 0 Å². The first-order chi connectivity index (χ1) is 9.75. The molecule has 0 atom stereocenters. The Morgan fingerprint density at radius 3 is 1.72 bits per heavy atom. The molecule has 0 N–H and O–H groups in total. The summed E-state index contributed by atoms with van der Waals surface area (Å²) in [6.07, 6.45) is 0. The molecule has 0 bridgehead atoms. The Hall–Kier alpha value is -2.34. The molecule has 86 valence electrons. The van der Waals surface area contributed by atoms with Gasteiger partial charge in [0.1, 0.15) is 0 Å². The van der Waals surface area contributed by atoms with Crippen molar-refractivity contribution in [3.05, 3.63) is 84.9 Å². The van der Waals surface area contributed by atoms with E-state index in [0.29, 0.717) is 0 Å². The van der Waals surface area contributed by atoms with Crippen LogP contribution in [-0.4, -0.2) is 0 Å². The van der Waals surface area contributed by atoms with Crippen molar-refractivity contribution in [3.63, 3.8) is 0 Å². The highest BCUT2D eigenvalue weighted by Gasteiger charge is 1.98. The van der Waals surface area contributed by atoms with Gasteiger partial charge in [-0.25, -0.2) is 0 Å². The second-order valence-corrected chi connectivity index (χ2v) is 4.15. The third kappa shape index (κ3) is 2.18. The van der Waals surface area contributed by atoms with E-state index < -0.39 is 0 Å². The summed E-state index contributed by atoms with van der Waals surface area (Å²) in [5, 5.41) is 0. The predicted molar refractivity (Wildman–Crippen MR) is 77.3 cm³/mol. The molecule has 0 spiro atoms. The highest BCUT2D eigenvalue weighted by molar-refractivity contribution is 5.70. The average molecular weight is 232 g/mol. The third-order valence-corrected chi connectivity index (χ3v) is 2.95. The first kappa shape index (κ1) is 8.71. The highest BCUT2D eigenvalue weighted by Crippen LogP contribution is 2.24. The van der Waals surface area contributed by atoms with Crippen molar-refractivity contribution in [2.75, 3.05) is 0 Å². The fourth-order valence-electron chi connectivity index (χ4n) is 1.99. The molecule has 0 saturated heterocycles. The van der Waals surface area contributed by atoms with Gasteiger partial charge in [-0.15, -0.1) is 0 Å². The molecule has 0 heterocycles. The molecule has 3 rings (SSSR count). The van der Waals surface area contributed by atoms with Gasteiger partial charge in [-0.1, -0.05) is 84.9 Å². The molecule has 3 aromatic carbocycles. The minimum absolute atomic E-state index is 0.259. The summed E-state index contributed by atoms with van der Waals surface area (Å²) in [5.41, 5.74) is 4.11. The fourth-order valence-corrected chi connectivity index (χ4v) is 1.99. The van der Waals surface area contributed by atoms with Gasteiger partial charge in [-0.3, -0.25) is 0 Å². The summed E-state index contributed by atoms with van der Waals surface area (Å²) >= 11 is 0. The molecular weight excluding hydrogens is 216 g/mol. The molecular formula is C18H14. The van der Waals surface area contributed by atoms with Crippen LogP contribution in [0, 0.1) is 0 Å². The fraction of sp³-hybridized carbons (Fsp3) is 0. The quantitative estimate of drug-likeness (QED) is 0.582. The van der Waals surface area contributed by atoms with Gasteiger partial charge in [-0.05, 0) is 22.3 Å². The smallest absolute Gasteiger partial charge is 0.0622 e. The van der Waals surface area contributed by atoms with Crippen LogP contribution >= 0.6 is 0 Å². The maximum atomic E-state index is 7.96. The van der Waals surface area contributed by atoms with Crippen molar-refractivity contribution in [2.24, 2.45) is 0 Å². The number of benzene rings is 3.